The smallest absolute Gasteiger partial charge is 0.276 e. The van der Waals surface area contributed by atoms with E-state index in [0.717, 1.165) is 10.0 Å². The van der Waals surface area contributed by atoms with Gasteiger partial charge in [-0.05, 0) is 61.0 Å². The number of aryl methyl sites for hydroxylation is 1. The van der Waals surface area contributed by atoms with Crippen LogP contribution in [-0.2, 0) is 4.79 Å². The minimum absolute atomic E-state index is 0.238. The van der Waals surface area contributed by atoms with Crippen LogP contribution in [0.25, 0.3) is 0 Å². The Morgan fingerprint density at radius 3 is 2.34 bits per heavy atom. The summed E-state index contributed by atoms with van der Waals surface area (Å²) in [5.41, 5.74) is 6.86. The van der Waals surface area contributed by atoms with Crippen LogP contribution in [0.2, 0.25) is 5.02 Å². The largest absolute Gasteiger partial charge is 0.482 e. The third kappa shape index (κ3) is 6.32. The van der Waals surface area contributed by atoms with Crippen molar-refractivity contribution in [1.29, 1.82) is 0 Å². The van der Waals surface area contributed by atoms with Crippen LogP contribution in [0, 0.1) is 6.92 Å². The van der Waals surface area contributed by atoms with E-state index in [0.29, 0.717) is 27.6 Å². The van der Waals surface area contributed by atoms with Gasteiger partial charge in [0.25, 0.3) is 17.7 Å². The molecule has 3 rings (SSSR count). The van der Waals surface area contributed by atoms with E-state index in [9.17, 15) is 14.4 Å². The molecular weight excluding hydrogens is 498 g/mol. The molecule has 7 nitrogen and oxygen atoms in total. The zero-order chi connectivity index (χ0) is 23.1. The third-order valence-electron chi connectivity index (χ3n) is 4.36. The molecule has 32 heavy (non-hydrogen) atoms. The summed E-state index contributed by atoms with van der Waals surface area (Å²) in [5.74, 6) is -0.964. The number of hydrazine groups is 1. The van der Waals surface area contributed by atoms with Gasteiger partial charge in [0.15, 0.2) is 6.61 Å². The Hall–Kier alpha value is -3.36. The first-order valence-corrected chi connectivity index (χ1v) is 10.6. The number of benzene rings is 3. The molecule has 0 aromatic heterocycles. The maximum absolute atomic E-state index is 12.4. The monoisotopic (exact) mass is 515 g/mol. The lowest BCUT2D eigenvalue weighted by Gasteiger charge is -2.11. The topological polar surface area (TPSA) is 96.5 Å². The molecule has 0 saturated carbocycles. The predicted octanol–water partition coefficient (Wildman–Crippen LogP) is 4.50. The maximum atomic E-state index is 12.4. The SMILES string of the molecule is Cc1ccccc1C(=O)Nc1ccc(C(=O)NNC(=O)COc2ccc(Br)cc2Cl)cc1. The highest BCUT2D eigenvalue weighted by atomic mass is 79.9. The quantitative estimate of drug-likeness (QED) is 0.420. The zero-order valence-electron chi connectivity index (χ0n) is 16.9. The van der Waals surface area contributed by atoms with E-state index in [4.69, 9.17) is 16.3 Å². The fraction of sp³-hybridized carbons (Fsp3) is 0.0870. The molecule has 0 aliphatic rings. The van der Waals surface area contributed by atoms with Gasteiger partial charge in [-0.1, -0.05) is 45.7 Å². The number of anilines is 1. The fourth-order valence-electron chi connectivity index (χ4n) is 2.70. The number of nitrogens with one attached hydrogen (secondary N) is 3. The van der Waals surface area contributed by atoms with E-state index in [1.807, 2.05) is 19.1 Å². The minimum atomic E-state index is -0.556. The molecule has 0 aliphatic heterocycles. The molecule has 164 valence electrons. The summed E-state index contributed by atoms with van der Waals surface area (Å²) in [6.45, 7) is 1.53. The number of ether oxygens (including phenoxy) is 1. The highest BCUT2D eigenvalue weighted by molar-refractivity contribution is 9.10. The van der Waals surface area contributed by atoms with Gasteiger partial charge in [0.1, 0.15) is 5.75 Å². The van der Waals surface area contributed by atoms with Crippen LogP contribution in [0.1, 0.15) is 26.3 Å². The molecule has 0 heterocycles. The van der Waals surface area contributed by atoms with E-state index >= 15 is 0 Å². The summed E-state index contributed by atoms with van der Waals surface area (Å²) in [6.07, 6.45) is 0. The van der Waals surface area contributed by atoms with Crippen molar-refractivity contribution in [2.75, 3.05) is 11.9 Å². The molecule has 0 unspecified atom stereocenters. The van der Waals surface area contributed by atoms with Gasteiger partial charge in [-0.25, -0.2) is 0 Å². The summed E-state index contributed by atoms with van der Waals surface area (Å²) in [6, 6.07) is 18.5. The van der Waals surface area contributed by atoms with Crippen LogP contribution >= 0.6 is 27.5 Å². The Morgan fingerprint density at radius 2 is 1.66 bits per heavy atom. The van der Waals surface area contributed by atoms with Crippen LogP contribution in [0.3, 0.4) is 0 Å². The average molecular weight is 517 g/mol. The van der Waals surface area contributed by atoms with E-state index < -0.39 is 11.8 Å². The molecule has 3 amide bonds. The van der Waals surface area contributed by atoms with Crippen LogP contribution in [-0.4, -0.2) is 24.3 Å². The minimum Gasteiger partial charge on any atom is -0.482 e. The number of carbonyl (C=O) groups excluding carboxylic acids is 3. The highest BCUT2D eigenvalue weighted by Crippen LogP contribution is 2.27. The maximum Gasteiger partial charge on any atom is 0.276 e. The predicted molar refractivity (Wildman–Crippen MR) is 126 cm³/mol. The number of amides is 3. The summed E-state index contributed by atoms with van der Waals surface area (Å²) in [5, 5.41) is 3.14. The van der Waals surface area contributed by atoms with Gasteiger partial charge in [0, 0.05) is 21.3 Å². The third-order valence-corrected chi connectivity index (χ3v) is 5.15. The second kappa shape index (κ2) is 10.8. The van der Waals surface area contributed by atoms with E-state index in [1.54, 1.807) is 42.5 Å². The van der Waals surface area contributed by atoms with Gasteiger partial charge < -0.3 is 10.1 Å². The van der Waals surface area contributed by atoms with Crippen LogP contribution in [0.5, 0.6) is 5.75 Å². The Morgan fingerprint density at radius 1 is 0.938 bits per heavy atom. The molecular formula is C23H19BrClN3O4. The lowest BCUT2D eigenvalue weighted by Crippen LogP contribution is -2.43. The van der Waals surface area contributed by atoms with Crippen molar-refractivity contribution in [3.8, 4) is 5.75 Å². The molecule has 3 N–H and O–H groups in total. The Labute approximate surface area is 198 Å². The second-order valence-electron chi connectivity index (χ2n) is 6.71. The zero-order valence-corrected chi connectivity index (χ0v) is 19.3. The summed E-state index contributed by atoms with van der Waals surface area (Å²) in [4.78, 5) is 36.5. The number of rotatable bonds is 6. The van der Waals surface area contributed by atoms with E-state index in [2.05, 4.69) is 32.1 Å². The number of hydrogen-bond donors (Lipinski definition) is 3. The molecule has 0 radical (unpaired) electrons. The molecule has 3 aromatic rings. The van der Waals surface area contributed by atoms with Gasteiger partial charge in [0.2, 0.25) is 0 Å². The summed E-state index contributed by atoms with van der Waals surface area (Å²) in [7, 11) is 0. The van der Waals surface area contributed by atoms with Crippen molar-refractivity contribution >= 4 is 50.9 Å². The summed E-state index contributed by atoms with van der Waals surface area (Å²) >= 11 is 9.31. The first-order chi connectivity index (χ1) is 15.3. The van der Waals surface area contributed by atoms with Crippen molar-refractivity contribution in [3.05, 3.63) is 92.9 Å². The Balaban J connectivity index is 1.48. The van der Waals surface area contributed by atoms with Crippen molar-refractivity contribution in [3.63, 3.8) is 0 Å². The first-order valence-electron chi connectivity index (χ1n) is 9.47. The number of halogens is 2. The van der Waals surface area contributed by atoms with Gasteiger partial charge in [-0.3, -0.25) is 25.2 Å². The van der Waals surface area contributed by atoms with Crippen LogP contribution in [0.4, 0.5) is 5.69 Å². The Kier molecular flexibility index (Phi) is 7.86. The number of carbonyl (C=O) groups is 3. The normalized spacial score (nSPS) is 10.2. The molecule has 0 atom stereocenters. The highest BCUT2D eigenvalue weighted by Gasteiger charge is 2.11. The van der Waals surface area contributed by atoms with E-state index in [-0.39, 0.29) is 12.5 Å². The Bertz CT molecular complexity index is 1150. The first kappa shape index (κ1) is 23.3. The van der Waals surface area contributed by atoms with Crippen LogP contribution in [0.15, 0.2) is 71.2 Å². The molecule has 0 fully saturated rings. The summed E-state index contributed by atoms with van der Waals surface area (Å²) < 4.78 is 6.12. The van der Waals surface area contributed by atoms with Crippen molar-refractivity contribution in [2.45, 2.75) is 6.92 Å². The molecule has 0 saturated heterocycles. The van der Waals surface area contributed by atoms with Gasteiger partial charge in [-0.2, -0.15) is 0 Å². The number of hydrogen-bond acceptors (Lipinski definition) is 4. The second-order valence-corrected chi connectivity index (χ2v) is 8.03. The lowest BCUT2D eigenvalue weighted by atomic mass is 10.1. The molecule has 0 spiro atoms. The molecule has 3 aromatic carbocycles. The molecule has 0 bridgehead atoms. The van der Waals surface area contributed by atoms with Crippen molar-refractivity contribution < 1.29 is 19.1 Å². The standard InChI is InChI=1S/C23H19BrClN3O4/c1-14-4-2-3-5-18(14)23(31)26-17-9-6-15(7-10-17)22(30)28-27-21(29)13-32-20-11-8-16(24)12-19(20)25/h2-12H,13H2,1H3,(H,26,31)(H,27,29)(H,28,30). The van der Waals surface area contributed by atoms with Gasteiger partial charge in [-0.15, -0.1) is 0 Å². The molecule has 9 heteroatoms. The van der Waals surface area contributed by atoms with Gasteiger partial charge in [0.05, 0.1) is 5.02 Å². The lowest BCUT2D eigenvalue weighted by molar-refractivity contribution is -0.123. The van der Waals surface area contributed by atoms with E-state index in [1.165, 1.54) is 12.1 Å². The molecule has 0 aliphatic carbocycles. The van der Waals surface area contributed by atoms with Gasteiger partial charge >= 0.3 is 0 Å². The fourth-order valence-corrected chi connectivity index (χ4v) is 3.43. The average Bonchev–Trinajstić information content (AvgIpc) is 2.77. The van der Waals surface area contributed by atoms with Crippen molar-refractivity contribution in [2.24, 2.45) is 0 Å². The van der Waals surface area contributed by atoms with Crippen molar-refractivity contribution in [1.82, 2.24) is 10.9 Å². The van der Waals surface area contributed by atoms with Crippen LogP contribution < -0.4 is 20.9 Å².